The molecule has 0 rings (SSSR count). The Kier molecular flexibility index (Phi) is 6.02. The quantitative estimate of drug-likeness (QED) is 0.501. The van der Waals surface area contributed by atoms with Crippen molar-refractivity contribution < 1.29 is 8.54 Å². The van der Waals surface area contributed by atoms with Gasteiger partial charge >= 0.3 is 8.56 Å². The maximum atomic E-state index is 6.23. The molecule has 0 aliphatic carbocycles. The van der Waals surface area contributed by atoms with Gasteiger partial charge in [0, 0.05) is 0 Å². The van der Waals surface area contributed by atoms with Gasteiger partial charge in [-0.15, -0.1) is 0 Å². The first-order chi connectivity index (χ1) is 6.68. The van der Waals surface area contributed by atoms with Crippen molar-refractivity contribution >= 4 is 16.9 Å². The molecule has 0 aromatic carbocycles. The van der Waals surface area contributed by atoms with Crippen LogP contribution in [-0.4, -0.2) is 23.5 Å². The predicted molar refractivity (Wildman–Crippen MR) is 71.9 cm³/mol. The van der Waals surface area contributed by atoms with Gasteiger partial charge < -0.3 is 8.54 Å². The van der Waals surface area contributed by atoms with Crippen molar-refractivity contribution in [2.75, 3.05) is 6.61 Å². The average Bonchev–Trinajstić information content (AvgIpc) is 1.98. The van der Waals surface area contributed by atoms with E-state index in [0.717, 1.165) is 18.0 Å². The highest BCUT2D eigenvalue weighted by Crippen LogP contribution is 2.21. The lowest BCUT2D eigenvalue weighted by Crippen LogP contribution is -2.47. The molecule has 0 saturated heterocycles. The van der Waals surface area contributed by atoms with Crippen molar-refractivity contribution in [2.45, 2.75) is 52.5 Å². The van der Waals surface area contributed by atoms with Gasteiger partial charge in [-0.25, -0.2) is 0 Å². The van der Waals surface area contributed by atoms with E-state index in [9.17, 15) is 0 Å². The van der Waals surface area contributed by atoms with Crippen LogP contribution in [0.3, 0.4) is 0 Å². The Morgan fingerprint density at radius 3 is 2.07 bits per heavy atom. The molecule has 1 unspecified atom stereocenters. The standard InChI is InChI=1S/C11H26O2Si2/c1-8-9-15(7,12-10-11(2)3)13-14(4,5)6/h2,8-10H2,1,3-7H3. The van der Waals surface area contributed by atoms with E-state index in [1.165, 1.54) is 0 Å². The third-order valence-electron chi connectivity index (χ3n) is 1.85. The van der Waals surface area contributed by atoms with Gasteiger partial charge in [0.1, 0.15) is 0 Å². The van der Waals surface area contributed by atoms with E-state index in [-0.39, 0.29) is 0 Å². The molecule has 2 nitrogen and oxygen atoms in total. The van der Waals surface area contributed by atoms with Crippen LogP contribution in [0.25, 0.3) is 0 Å². The van der Waals surface area contributed by atoms with Gasteiger partial charge in [-0.05, 0) is 39.2 Å². The molecule has 0 aliphatic heterocycles. The molecule has 0 aliphatic rings. The highest BCUT2D eigenvalue weighted by atomic mass is 28.4. The van der Waals surface area contributed by atoms with Crippen molar-refractivity contribution in [1.29, 1.82) is 0 Å². The minimum atomic E-state index is -1.95. The molecule has 0 fully saturated rings. The SMILES string of the molecule is C=C(C)CO[Si](C)(CCC)O[Si](C)(C)C. The molecule has 4 heteroatoms. The molecule has 0 amide bonds. The Morgan fingerprint density at radius 1 is 1.20 bits per heavy atom. The fourth-order valence-electron chi connectivity index (χ4n) is 1.53. The summed E-state index contributed by atoms with van der Waals surface area (Å²) < 4.78 is 12.2. The van der Waals surface area contributed by atoms with Crippen LogP contribution < -0.4 is 0 Å². The molecule has 0 heterocycles. The molecular weight excluding hydrogens is 220 g/mol. The van der Waals surface area contributed by atoms with Crippen LogP contribution in [0.1, 0.15) is 20.3 Å². The van der Waals surface area contributed by atoms with Gasteiger partial charge in [-0.3, -0.25) is 0 Å². The second kappa shape index (κ2) is 5.98. The smallest absolute Gasteiger partial charge is 0.324 e. The molecular formula is C11H26O2Si2. The van der Waals surface area contributed by atoms with Gasteiger partial charge in [0.2, 0.25) is 0 Å². The van der Waals surface area contributed by atoms with Crippen molar-refractivity contribution in [1.82, 2.24) is 0 Å². The Labute approximate surface area is 97.1 Å². The lowest BCUT2D eigenvalue weighted by Gasteiger charge is -2.33. The summed E-state index contributed by atoms with van der Waals surface area (Å²) in [5.74, 6) is 0. The molecule has 0 aromatic heterocycles. The van der Waals surface area contributed by atoms with Gasteiger partial charge in [0.15, 0.2) is 8.32 Å². The minimum Gasteiger partial charge on any atom is -0.436 e. The molecule has 0 aromatic rings. The summed E-state index contributed by atoms with van der Waals surface area (Å²) in [7, 11) is -3.44. The van der Waals surface area contributed by atoms with E-state index in [1.807, 2.05) is 6.92 Å². The summed E-state index contributed by atoms with van der Waals surface area (Å²) in [6.45, 7) is 17.5. The van der Waals surface area contributed by atoms with Crippen LogP contribution in [0.2, 0.25) is 32.2 Å². The topological polar surface area (TPSA) is 18.5 Å². The molecule has 0 saturated carbocycles. The van der Waals surface area contributed by atoms with Crippen molar-refractivity contribution in [2.24, 2.45) is 0 Å². The zero-order chi connectivity index (χ0) is 12.1. The fraction of sp³-hybridized carbons (Fsp3) is 0.818. The summed E-state index contributed by atoms with van der Waals surface area (Å²) in [6, 6.07) is 1.07. The molecule has 0 N–H and O–H groups in total. The number of hydrogen-bond donors (Lipinski definition) is 0. The summed E-state index contributed by atoms with van der Waals surface area (Å²) >= 11 is 0. The first-order valence-electron chi connectivity index (χ1n) is 5.67. The van der Waals surface area contributed by atoms with Crippen molar-refractivity contribution in [3.63, 3.8) is 0 Å². The van der Waals surface area contributed by atoms with E-state index >= 15 is 0 Å². The Balaban J connectivity index is 4.37. The largest absolute Gasteiger partial charge is 0.436 e. The molecule has 15 heavy (non-hydrogen) atoms. The number of rotatable bonds is 7. The van der Waals surface area contributed by atoms with Crippen LogP contribution in [0.15, 0.2) is 12.2 Å². The maximum Gasteiger partial charge on any atom is 0.324 e. The average molecular weight is 246 g/mol. The fourth-order valence-corrected chi connectivity index (χ4v) is 8.96. The Bertz CT molecular complexity index is 211. The summed E-state index contributed by atoms with van der Waals surface area (Å²) in [4.78, 5) is 0. The van der Waals surface area contributed by atoms with E-state index in [2.05, 4.69) is 39.7 Å². The molecule has 0 radical (unpaired) electrons. The van der Waals surface area contributed by atoms with Crippen molar-refractivity contribution in [3.05, 3.63) is 12.2 Å². The highest BCUT2D eigenvalue weighted by molar-refractivity contribution is 6.81. The molecule has 0 spiro atoms. The van der Waals surface area contributed by atoms with Crippen LogP contribution >= 0.6 is 0 Å². The van der Waals surface area contributed by atoms with Crippen LogP contribution in [0.4, 0.5) is 0 Å². The van der Waals surface area contributed by atoms with E-state index in [1.54, 1.807) is 0 Å². The summed E-state index contributed by atoms with van der Waals surface area (Å²) in [5.41, 5.74) is 1.07. The lowest BCUT2D eigenvalue weighted by atomic mass is 10.4. The zero-order valence-corrected chi connectivity index (χ0v) is 13.1. The van der Waals surface area contributed by atoms with Gasteiger partial charge in [0.25, 0.3) is 0 Å². The molecule has 90 valence electrons. The lowest BCUT2D eigenvalue weighted by molar-refractivity contribution is 0.262. The van der Waals surface area contributed by atoms with Crippen LogP contribution in [0, 0.1) is 0 Å². The van der Waals surface area contributed by atoms with E-state index in [4.69, 9.17) is 8.54 Å². The van der Waals surface area contributed by atoms with Gasteiger partial charge in [-0.2, -0.15) is 0 Å². The third-order valence-corrected chi connectivity index (χ3v) is 8.19. The Hall–Kier alpha value is 0.0938. The van der Waals surface area contributed by atoms with E-state index < -0.39 is 16.9 Å². The van der Waals surface area contributed by atoms with Gasteiger partial charge in [0.05, 0.1) is 6.61 Å². The second-order valence-corrected chi connectivity index (χ2v) is 13.4. The monoisotopic (exact) mass is 246 g/mol. The summed E-state index contributed by atoms with van der Waals surface area (Å²) in [5, 5.41) is 0. The zero-order valence-electron chi connectivity index (χ0n) is 11.1. The maximum absolute atomic E-state index is 6.23. The van der Waals surface area contributed by atoms with Crippen LogP contribution in [-0.2, 0) is 8.54 Å². The van der Waals surface area contributed by atoms with E-state index in [0.29, 0.717) is 6.61 Å². The Morgan fingerprint density at radius 2 is 1.73 bits per heavy atom. The molecule has 0 bridgehead atoms. The second-order valence-electron chi connectivity index (χ2n) is 5.34. The predicted octanol–water partition coefficient (Wildman–Crippen LogP) is 3.91. The molecule has 1 atom stereocenters. The van der Waals surface area contributed by atoms with Crippen LogP contribution in [0.5, 0.6) is 0 Å². The first kappa shape index (κ1) is 15.1. The normalized spacial score (nSPS) is 16.1. The van der Waals surface area contributed by atoms with Crippen molar-refractivity contribution in [3.8, 4) is 0 Å². The first-order valence-corrected chi connectivity index (χ1v) is 11.6. The third kappa shape index (κ3) is 7.96. The van der Waals surface area contributed by atoms with Gasteiger partial charge in [-0.1, -0.05) is 25.5 Å². The minimum absolute atomic E-state index is 0.646. The highest BCUT2D eigenvalue weighted by Gasteiger charge is 2.35. The number of hydrogen-bond acceptors (Lipinski definition) is 2. The summed E-state index contributed by atoms with van der Waals surface area (Å²) in [6.07, 6.45) is 1.13.